The Balaban J connectivity index is 1.47. The van der Waals surface area contributed by atoms with E-state index in [4.69, 9.17) is 9.51 Å². The zero-order chi connectivity index (χ0) is 18.6. The first-order valence-electron chi connectivity index (χ1n) is 9.42. The fraction of sp³-hybridized carbons (Fsp3) is 0.381. The van der Waals surface area contributed by atoms with Crippen LogP contribution in [0.25, 0.3) is 11.4 Å². The highest BCUT2D eigenvalue weighted by molar-refractivity contribution is 5.59. The number of pyridine rings is 1. The molecule has 1 atom stereocenters. The van der Waals surface area contributed by atoms with Crippen LogP contribution in [0, 0.1) is 0 Å². The molecule has 1 fully saturated rings. The van der Waals surface area contributed by atoms with Crippen LogP contribution in [0.1, 0.15) is 30.2 Å². The number of rotatable bonds is 5. The second-order valence-electron chi connectivity index (χ2n) is 7.31. The van der Waals surface area contributed by atoms with Gasteiger partial charge in [-0.15, -0.1) is 0 Å². The molecule has 1 aliphatic heterocycles. The van der Waals surface area contributed by atoms with Gasteiger partial charge >= 0.3 is 0 Å². The third-order valence-corrected chi connectivity index (χ3v) is 5.01. The van der Waals surface area contributed by atoms with Crippen LogP contribution >= 0.6 is 0 Å². The maximum Gasteiger partial charge on any atom is 0.231 e. The molecule has 6 nitrogen and oxygen atoms in total. The molecule has 3 heterocycles. The van der Waals surface area contributed by atoms with Crippen LogP contribution in [0.2, 0.25) is 0 Å². The molecule has 2 aromatic heterocycles. The molecule has 1 unspecified atom stereocenters. The van der Waals surface area contributed by atoms with E-state index in [2.05, 4.69) is 45.4 Å². The number of hydrogen-bond acceptors (Lipinski definition) is 6. The van der Waals surface area contributed by atoms with Gasteiger partial charge in [-0.2, -0.15) is 4.98 Å². The SMILES string of the molecule is CN(C)c1cc(-c2noc(C3CCCN(Cc4ccccc4)C3)n2)ccn1. The van der Waals surface area contributed by atoms with Gasteiger partial charge in [0.1, 0.15) is 5.82 Å². The van der Waals surface area contributed by atoms with E-state index in [0.29, 0.717) is 11.7 Å². The summed E-state index contributed by atoms with van der Waals surface area (Å²) in [5.74, 6) is 2.55. The van der Waals surface area contributed by atoms with Gasteiger partial charge in [-0.25, -0.2) is 4.98 Å². The molecule has 0 bridgehead atoms. The van der Waals surface area contributed by atoms with E-state index >= 15 is 0 Å². The maximum atomic E-state index is 5.64. The minimum atomic E-state index is 0.291. The molecule has 1 saturated heterocycles. The lowest BCUT2D eigenvalue weighted by atomic mass is 9.97. The fourth-order valence-electron chi connectivity index (χ4n) is 3.56. The lowest BCUT2D eigenvalue weighted by Gasteiger charge is -2.30. The molecule has 0 radical (unpaired) electrons. The minimum absolute atomic E-state index is 0.291. The molecule has 6 heteroatoms. The molecular weight excluding hydrogens is 338 g/mol. The minimum Gasteiger partial charge on any atom is -0.363 e. The number of likely N-dealkylation sites (tertiary alicyclic amines) is 1. The van der Waals surface area contributed by atoms with Gasteiger partial charge in [0.25, 0.3) is 0 Å². The van der Waals surface area contributed by atoms with E-state index < -0.39 is 0 Å². The Morgan fingerprint density at radius 1 is 1.19 bits per heavy atom. The Bertz CT molecular complexity index is 877. The molecule has 0 amide bonds. The topological polar surface area (TPSA) is 58.3 Å². The zero-order valence-electron chi connectivity index (χ0n) is 15.9. The summed E-state index contributed by atoms with van der Waals surface area (Å²) < 4.78 is 5.64. The lowest BCUT2D eigenvalue weighted by Crippen LogP contribution is -2.34. The molecule has 4 rings (SSSR count). The summed E-state index contributed by atoms with van der Waals surface area (Å²) in [5.41, 5.74) is 2.28. The molecule has 3 aromatic rings. The molecule has 0 saturated carbocycles. The van der Waals surface area contributed by atoms with Crippen molar-refractivity contribution in [3.05, 3.63) is 60.1 Å². The van der Waals surface area contributed by atoms with Crippen molar-refractivity contribution >= 4 is 5.82 Å². The van der Waals surface area contributed by atoms with Crippen molar-refractivity contribution in [1.29, 1.82) is 0 Å². The largest absolute Gasteiger partial charge is 0.363 e. The van der Waals surface area contributed by atoms with Crippen molar-refractivity contribution in [2.75, 3.05) is 32.1 Å². The smallest absolute Gasteiger partial charge is 0.231 e. The van der Waals surface area contributed by atoms with Crippen LogP contribution in [0.15, 0.2) is 53.2 Å². The molecule has 0 N–H and O–H groups in total. The number of nitrogens with zero attached hydrogens (tertiary/aromatic N) is 5. The first kappa shape index (κ1) is 17.7. The Kier molecular flexibility index (Phi) is 5.16. The second kappa shape index (κ2) is 7.88. The summed E-state index contributed by atoms with van der Waals surface area (Å²) in [6.07, 6.45) is 4.02. The van der Waals surface area contributed by atoms with Gasteiger partial charge in [-0.3, -0.25) is 4.90 Å². The van der Waals surface area contributed by atoms with E-state index in [1.54, 1.807) is 6.20 Å². The van der Waals surface area contributed by atoms with Gasteiger partial charge < -0.3 is 9.42 Å². The third kappa shape index (κ3) is 4.17. The number of anilines is 1. The third-order valence-electron chi connectivity index (χ3n) is 5.01. The summed E-state index contributed by atoms with van der Waals surface area (Å²) in [7, 11) is 3.94. The van der Waals surface area contributed by atoms with E-state index in [-0.39, 0.29) is 0 Å². The summed E-state index contributed by atoms with van der Waals surface area (Å²) in [6.45, 7) is 3.04. The van der Waals surface area contributed by atoms with Crippen LogP contribution in [-0.4, -0.2) is 47.2 Å². The van der Waals surface area contributed by atoms with E-state index in [1.165, 1.54) is 5.56 Å². The molecular formula is C21H25N5O. The lowest BCUT2D eigenvalue weighted by molar-refractivity contribution is 0.180. The van der Waals surface area contributed by atoms with Crippen molar-refractivity contribution in [1.82, 2.24) is 20.0 Å². The molecule has 1 aliphatic rings. The number of benzene rings is 1. The maximum absolute atomic E-state index is 5.64. The van der Waals surface area contributed by atoms with Gasteiger partial charge in [0.05, 0.1) is 5.92 Å². The van der Waals surface area contributed by atoms with Crippen LogP contribution < -0.4 is 4.90 Å². The van der Waals surface area contributed by atoms with Gasteiger partial charge in [-0.05, 0) is 37.1 Å². The molecule has 27 heavy (non-hydrogen) atoms. The monoisotopic (exact) mass is 363 g/mol. The fourth-order valence-corrected chi connectivity index (χ4v) is 3.56. The summed E-state index contributed by atoms with van der Waals surface area (Å²) in [5, 5.41) is 4.22. The van der Waals surface area contributed by atoms with Gasteiger partial charge in [0.2, 0.25) is 11.7 Å². The summed E-state index contributed by atoms with van der Waals surface area (Å²) >= 11 is 0. The Labute approximate surface area is 159 Å². The van der Waals surface area contributed by atoms with Crippen molar-refractivity contribution < 1.29 is 4.52 Å². The van der Waals surface area contributed by atoms with E-state index in [9.17, 15) is 0 Å². The first-order valence-corrected chi connectivity index (χ1v) is 9.42. The van der Waals surface area contributed by atoms with Gasteiger partial charge in [0.15, 0.2) is 0 Å². The van der Waals surface area contributed by atoms with Crippen LogP contribution in [0.5, 0.6) is 0 Å². The first-order chi connectivity index (χ1) is 13.2. The standard InChI is InChI=1S/C21H25N5O/c1-25(2)19-13-17(10-11-22-19)20-23-21(27-24-20)18-9-6-12-26(15-18)14-16-7-4-3-5-8-16/h3-5,7-8,10-11,13,18H,6,9,12,14-15H2,1-2H3. The summed E-state index contributed by atoms with van der Waals surface area (Å²) in [6, 6.07) is 14.5. The highest BCUT2D eigenvalue weighted by Crippen LogP contribution is 2.28. The van der Waals surface area contributed by atoms with E-state index in [0.717, 1.165) is 49.7 Å². The predicted octanol–water partition coefficient (Wildman–Crippen LogP) is 3.58. The highest BCUT2D eigenvalue weighted by atomic mass is 16.5. The Hall–Kier alpha value is -2.73. The average Bonchev–Trinajstić information content (AvgIpc) is 3.19. The Morgan fingerprint density at radius 2 is 2.04 bits per heavy atom. The van der Waals surface area contributed by atoms with Crippen molar-refractivity contribution in [3.63, 3.8) is 0 Å². The Morgan fingerprint density at radius 3 is 2.85 bits per heavy atom. The predicted molar refractivity (Wildman–Crippen MR) is 106 cm³/mol. The number of piperidine rings is 1. The average molecular weight is 363 g/mol. The highest BCUT2D eigenvalue weighted by Gasteiger charge is 2.26. The van der Waals surface area contributed by atoms with Crippen LogP contribution in [0.3, 0.4) is 0 Å². The molecule has 1 aromatic carbocycles. The van der Waals surface area contributed by atoms with Gasteiger partial charge in [-0.1, -0.05) is 35.5 Å². The van der Waals surface area contributed by atoms with Crippen molar-refractivity contribution in [2.24, 2.45) is 0 Å². The quantitative estimate of drug-likeness (QED) is 0.691. The second-order valence-corrected chi connectivity index (χ2v) is 7.31. The number of aromatic nitrogens is 3. The van der Waals surface area contributed by atoms with Crippen molar-refractivity contribution in [2.45, 2.75) is 25.3 Å². The normalized spacial score (nSPS) is 17.8. The summed E-state index contributed by atoms with van der Waals surface area (Å²) in [4.78, 5) is 13.5. The van der Waals surface area contributed by atoms with Crippen LogP contribution in [-0.2, 0) is 6.54 Å². The van der Waals surface area contributed by atoms with Crippen LogP contribution in [0.4, 0.5) is 5.82 Å². The molecule has 140 valence electrons. The zero-order valence-corrected chi connectivity index (χ0v) is 15.9. The van der Waals surface area contributed by atoms with E-state index in [1.807, 2.05) is 31.1 Å². The molecule has 0 spiro atoms. The van der Waals surface area contributed by atoms with Crippen molar-refractivity contribution in [3.8, 4) is 11.4 Å². The van der Waals surface area contributed by atoms with Gasteiger partial charge in [0, 0.05) is 38.9 Å². The molecule has 0 aliphatic carbocycles. The number of hydrogen-bond donors (Lipinski definition) is 0.